The summed E-state index contributed by atoms with van der Waals surface area (Å²) in [7, 11) is 0. The number of amides is 1. The van der Waals surface area contributed by atoms with E-state index in [0.29, 0.717) is 18.9 Å². The van der Waals surface area contributed by atoms with Crippen molar-refractivity contribution in [3.8, 4) is 0 Å². The van der Waals surface area contributed by atoms with Gasteiger partial charge in [0.1, 0.15) is 0 Å². The van der Waals surface area contributed by atoms with E-state index in [2.05, 4.69) is 25.6 Å². The van der Waals surface area contributed by atoms with Crippen LogP contribution in [-0.2, 0) is 4.79 Å². The van der Waals surface area contributed by atoms with Gasteiger partial charge in [0.05, 0.1) is 6.54 Å². The zero-order valence-corrected chi connectivity index (χ0v) is 7.40. The number of hydrogen-bond donors (Lipinski definition) is 2. The molecule has 1 aliphatic rings. The van der Waals surface area contributed by atoms with E-state index in [1.807, 2.05) is 0 Å². The van der Waals surface area contributed by atoms with Crippen molar-refractivity contribution in [2.45, 2.75) is 0 Å². The minimum Gasteiger partial charge on any atom is -0.364 e. The standard InChI is InChI=1S/C8H9N5O/c14-7(6-9-4-5-10-6)13-8-11-2-1-3-12-8/h1-3H,4-5H2,(H,9,10)(H,11,12,13,14). The van der Waals surface area contributed by atoms with Gasteiger partial charge in [-0.05, 0) is 6.07 Å². The van der Waals surface area contributed by atoms with Crippen LogP contribution in [0.1, 0.15) is 0 Å². The molecule has 2 N–H and O–H groups in total. The van der Waals surface area contributed by atoms with Crippen molar-refractivity contribution in [2.24, 2.45) is 4.99 Å². The summed E-state index contributed by atoms with van der Waals surface area (Å²) in [5.74, 6) is 0.333. The van der Waals surface area contributed by atoms with Crippen LogP contribution in [0, 0.1) is 0 Å². The second-order valence-electron chi connectivity index (χ2n) is 2.68. The number of aliphatic imine (C=N–C) groups is 1. The third-order valence-electron chi connectivity index (χ3n) is 1.68. The summed E-state index contributed by atoms with van der Waals surface area (Å²) in [5.41, 5.74) is 0. The highest BCUT2D eigenvalue weighted by atomic mass is 16.2. The lowest BCUT2D eigenvalue weighted by Gasteiger charge is -2.02. The maximum Gasteiger partial charge on any atom is 0.293 e. The largest absolute Gasteiger partial charge is 0.364 e. The minimum atomic E-state index is -0.297. The van der Waals surface area contributed by atoms with E-state index in [1.165, 1.54) is 0 Å². The van der Waals surface area contributed by atoms with Crippen LogP contribution in [0.25, 0.3) is 0 Å². The predicted molar refractivity (Wildman–Crippen MR) is 51.0 cm³/mol. The van der Waals surface area contributed by atoms with E-state index in [4.69, 9.17) is 0 Å². The molecular weight excluding hydrogens is 182 g/mol. The first kappa shape index (κ1) is 8.61. The lowest BCUT2D eigenvalue weighted by Crippen LogP contribution is -2.32. The number of carbonyl (C=O) groups excluding carboxylic acids is 1. The van der Waals surface area contributed by atoms with E-state index in [1.54, 1.807) is 18.5 Å². The molecule has 1 aliphatic heterocycles. The van der Waals surface area contributed by atoms with Crippen LogP contribution in [-0.4, -0.2) is 34.8 Å². The second-order valence-corrected chi connectivity index (χ2v) is 2.68. The molecule has 1 aromatic heterocycles. The van der Waals surface area contributed by atoms with Crippen molar-refractivity contribution in [1.82, 2.24) is 15.3 Å². The molecule has 72 valence electrons. The van der Waals surface area contributed by atoms with Crippen LogP contribution < -0.4 is 10.6 Å². The van der Waals surface area contributed by atoms with Crippen molar-refractivity contribution in [1.29, 1.82) is 0 Å². The molecule has 0 fully saturated rings. The van der Waals surface area contributed by atoms with Gasteiger partial charge in [-0.1, -0.05) is 0 Å². The van der Waals surface area contributed by atoms with Crippen molar-refractivity contribution in [3.05, 3.63) is 18.5 Å². The summed E-state index contributed by atoms with van der Waals surface area (Å²) >= 11 is 0. The molecule has 0 atom stereocenters. The summed E-state index contributed by atoms with van der Waals surface area (Å²) in [6.45, 7) is 1.34. The number of carbonyl (C=O) groups is 1. The Kier molecular flexibility index (Phi) is 2.35. The van der Waals surface area contributed by atoms with Crippen LogP contribution in [0.3, 0.4) is 0 Å². The lowest BCUT2D eigenvalue weighted by atomic mass is 10.5. The Morgan fingerprint density at radius 3 is 2.86 bits per heavy atom. The lowest BCUT2D eigenvalue weighted by molar-refractivity contribution is -0.110. The monoisotopic (exact) mass is 191 g/mol. The molecule has 1 amide bonds. The molecule has 14 heavy (non-hydrogen) atoms. The van der Waals surface area contributed by atoms with E-state index in [-0.39, 0.29) is 11.9 Å². The number of rotatable bonds is 2. The third-order valence-corrected chi connectivity index (χ3v) is 1.68. The van der Waals surface area contributed by atoms with Gasteiger partial charge in [0.2, 0.25) is 5.95 Å². The smallest absolute Gasteiger partial charge is 0.293 e. The topological polar surface area (TPSA) is 79.3 Å². The Labute approximate surface area is 80.5 Å². The molecule has 2 heterocycles. The summed E-state index contributed by atoms with van der Waals surface area (Å²) in [4.78, 5) is 23.1. The first-order chi connectivity index (χ1) is 6.86. The van der Waals surface area contributed by atoms with Gasteiger partial charge in [0.25, 0.3) is 5.91 Å². The summed E-state index contributed by atoms with van der Waals surface area (Å²) < 4.78 is 0. The maximum atomic E-state index is 11.4. The van der Waals surface area contributed by atoms with Crippen LogP contribution in [0.4, 0.5) is 5.95 Å². The van der Waals surface area contributed by atoms with Crippen molar-refractivity contribution >= 4 is 17.7 Å². The molecule has 0 spiro atoms. The molecule has 2 rings (SSSR count). The molecule has 6 nitrogen and oxygen atoms in total. The zero-order valence-electron chi connectivity index (χ0n) is 7.40. The van der Waals surface area contributed by atoms with Crippen LogP contribution in [0.2, 0.25) is 0 Å². The molecular formula is C8H9N5O. The fourth-order valence-corrected chi connectivity index (χ4v) is 1.07. The SMILES string of the molecule is O=C(Nc1ncccn1)C1=NCCN1. The van der Waals surface area contributed by atoms with Gasteiger partial charge in [0, 0.05) is 18.9 Å². The molecule has 0 saturated carbocycles. The predicted octanol–water partition coefficient (Wildman–Crippen LogP) is -0.583. The molecule has 0 radical (unpaired) electrons. The minimum absolute atomic E-state index is 0.286. The molecule has 0 aromatic carbocycles. The first-order valence-electron chi connectivity index (χ1n) is 4.23. The number of hydrogen-bond acceptors (Lipinski definition) is 5. The average Bonchev–Trinajstić information content (AvgIpc) is 2.72. The molecule has 0 saturated heterocycles. The van der Waals surface area contributed by atoms with Gasteiger partial charge in [-0.3, -0.25) is 15.1 Å². The Hall–Kier alpha value is -1.98. The normalized spacial score (nSPS) is 14.4. The number of nitrogens with zero attached hydrogens (tertiary/aromatic N) is 3. The molecule has 0 bridgehead atoms. The Balaban J connectivity index is 2.01. The summed E-state index contributed by atoms with van der Waals surface area (Å²) in [6, 6.07) is 1.68. The summed E-state index contributed by atoms with van der Waals surface area (Å²) in [5, 5.41) is 5.39. The Morgan fingerprint density at radius 2 is 2.21 bits per heavy atom. The summed E-state index contributed by atoms with van der Waals surface area (Å²) in [6.07, 6.45) is 3.12. The van der Waals surface area contributed by atoms with Crippen LogP contribution in [0.15, 0.2) is 23.5 Å². The highest BCUT2D eigenvalue weighted by Gasteiger charge is 2.14. The van der Waals surface area contributed by atoms with Gasteiger partial charge < -0.3 is 5.32 Å². The highest BCUT2D eigenvalue weighted by Crippen LogP contribution is 1.95. The van der Waals surface area contributed by atoms with Gasteiger partial charge in [-0.15, -0.1) is 0 Å². The fraction of sp³-hybridized carbons (Fsp3) is 0.250. The number of anilines is 1. The number of nitrogens with one attached hydrogen (secondary N) is 2. The zero-order chi connectivity index (χ0) is 9.80. The van der Waals surface area contributed by atoms with Gasteiger partial charge in [-0.25, -0.2) is 9.97 Å². The van der Waals surface area contributed by atoms with Gasteiger partial charge in [-0.2, -0.15) is 0 Å². The second kappa shape index (κ2) is 3.82. The molecule has 6 heteroatoms. The molecule has 0 aliphatic carbocycles. The number of amidine groups is 1. The van der Waals surface area contributed by atoms with Crippen molar-refractivity contribution in [2.75, 3.05) is 18.4 Å². The maximum absolute atomic E-state index is 11.4. The van der Waals surface area contributed by atoms with Crippen molar-refractivity contribution in [3.63, 3.8) is 0 Å². The quantitative estimate of drug-likeness (QED) is 0.655. The first-order valence-corrected chi connectivity index (χ1v) is 4.23. The van der Waals surface area contributed by atoms with E-state index >= 15 is 0 Å². The molecule has 0 unspecified atom stereocenters. The Morgan fingerprint density at radius 1 is 1.43 bits per heavy atom. The molecule has 1 aromatic rings. The van der Waals surface area contributed by atoms with Gasteiger partial charge in [0.15, 0.2) is 5.84 Å². The third kappa shape index (κ3) is 1.85. The van der Waals surface area contributed by atoms with Crippen LogP contribution in [0.5, 0.6) is 0 Å². The van der Waals surface area contributed by atoms with E-state index < -0.39 is 0 Å². The fourth-order valence-electron chi connectivity index (χ4n) is 1.07. The Bertz CT molecular complexity index is 361. The average molecular weight is 191 g/mol. The van der Waals surface area contributed by atoms with Gasteiger partial charge >= 0.3 is 0 Å². The highest BCUT2D eigenvalue weighted by molar-refractivity contribution is 6.42. The van der Waals surface area contributed by atoms with Crippen LogP contribution >= 0.6 is 0 Å². The number of aromatic nitrogens is 2. The van der Waals surface area contributed by atoms with E-state index in [9.17, 15) is 4.79 Å². The van der Waals surface area contributed by atoms with Crippen molar-refractivity contribution < 1.29 is 4.79 Å². The van der Waals surface area contributed by atoms with E-state index in [0.717, 1.165) is 0 Å².